The van der Waals surface area contributed by atoms with Crippen molar-refractivity contribution < 1.29 is 22.8 Å². The Morgan fingerprint density at radius 2 is 1.63 bits per heavy atom. The van der Waals surface area contributed by atoms with E-state index in [1.165, 1.54) is 0 Å². The van der Waals surface area contributed by atoms with Crippen molar-refractivity contribution in [3.05, 3.63) is 71.0 Å². The van der Waals surface area contributed by atoms with Crippen molar-refractivity contribution in [1.82, 2.24) is 10.2 Å². The van der Waals surface area contributed by atoms with Crippen LogP contribution in [-0.2, 0) is 22.6 Å². The highest BCUT2D eigenvalue weighted by Crippen LogP contribution is 2.42. The number of nitrogens with one attached hydrogen (secondary N) is 1. The maximum Gasteiger partial charge on any atom is 0.238 e. The van der Waals surface area contributed by atoms with Crippen molar-refractivity contribution in [2.24, 2.45) is 17.1 Å². The molecule has 2 saturated heterocycles. The standard InChI is InChI=1S/C27H32F3N3O2/c1-27(2,25(34)32-15-16-6-4-3-5-7-16)26(35)33-19-8-9-20(33)11-18(10-19)24(31)13-17-12-22(29)23(30)14-21(17)28/h3-7,12,14,18-20,24H,8-11,13,15,31H2,1-2H3,(H,32,34). The third-order valence-electron chi connectivity index (χ3n) is 7.55. The molecule has 3 atom stereocenters. The van der Waals surface area contributed by atoms with Crippen LogP contribution in [0.25, 0.3) is 0 Å². The number of halogens is 3. The zero-order chi connectivity index (χ0) is 25.3. The van der Waals surface area contributed by atoms with E-state index in [2.05, 4.69) is 5.32 Å². The van der Waals surface area contributed by atoms with Crippen LogP contribution < -0.4 is 11.1 Å². The van der Waals surface area contributed by atoms with Gasteiger partial charge in [0.25, 0.3) is 0 Å². The normalized spacial score (nSPS) is 22.7. The number of amides is 2. The van der Waals surface area contributed by atoms with Gasteiger partial charge in [-0.3, -0.25) is 9.59 Å². The van der Waals surface area contributed by atoms with E-state index in [1.54, 1.807) is 13.8 Å². The lowest BCUT2D eigenvalue weighted by Gasteiger charge is -2.43. The van der Waals surface area contributed by atoms with Crippen molar-refractivity contribution in [3.8, 4) is 0 Å². The average Bonchev–Trinajstić information content (AvgIpc) is 3.09. The minimum atomic E-state index is -1.22. The van der Waals surface area contributed by atoms with Gasteiger partial charge in [0.1, 0.15) is 11.2 Å². The molecule has 188 valence electrons. The molecular formula is C27H32F3N3O2. The summed E-state index contributed by atoms with van der Waals surface area (Å²) in [6, 6.07) is 10.4. The lowest BCUT2D eigenvalue weighted by atomic mass is 9.81. The lowest BCUT2D eigenvalue weighted by molar-refractivity contribution is -0.152. The van der Waals surface area contributed by atoms with Gasteiger partial charge < -0.3 is 16.0 Å². The molecule has 4 rings (SSSR count). The topological polar surface area (TPSA) is 75.4 Å². The van der Waals surface area contributed by atoms with E-state index in [-0.39, 0.29) is 41.8 Å². The quantitative estimate of drug-likeness (QED) is 0.456. The minimum Gasteiger partial charge on any atom is -0.351 e. The van der Waals surface area contributed by atoms with Crippen LogP contribution >= 0.6 is 0 Å². The molecule has 0 saturated carbocycles. The van der Waals surface area contributed by atoms with Crippen LogP contribution in [0.4, 0.5) is 13.2 Å². The van der Waals surface area contributed by atoms with Crippen LogP contribution in [0.1, 0.15) is 50.7 Å². The van der Waals surface area contributed by atoms with Gasteiger partial charge in [-0.05, 0) is 69.1 Å². The van der Waals surface area contributed by atoms with E-state index >= 15 is 0 Å². The predicted octanol–water partition coefficient (Wildman–Crippen LogP) is 4.09. The third kappa shape index (κ3) is 5.22. The fourth-order valence-corrected chi connectivity index (χ4v) is 5.46. The molecule has 2 amide bonds. The van der Waals surface area contributed by atoms with Crippen LogP contribution in [0.2, 0.25) is 0 Å². The molecule has 2 aromatic carbocycles. The first-order chi connectivity index (χ1) is 16.6. The summed E-state index contributed by atoms with van der Waals surface area (Å²) in [6.07, 6.45) is 3.00. The zero-order valence-corrected chi connectivity index (χ0v) is 20.1. The number of hydrogen-bond acceptors (Lipinski definition) is 3. The van der Waals surface area contributed by atoms with E-state index in [0.29, 0.717) is 25.5 Å². The zero-order valence-electron chi connectivity index (χ0n) is 20.1. The number of nitrogens with zero attached hydrogens (tertiary/aromatic N) is 1. The average molecular weight is 488 g/mol. The summed E-state index contributed by atoms with van der Waals surface area (Å²) in [5.74, 6) is -3.63. The first-order valence-corrected chi connectivity index (χ1v) is 12.1. The second-order valence-corrected chi connectivity index (χ2v) is 10.3. The lowest BCUT2D eigenvalue weighted by Crippen LogP contribution is -2.56. The Balaban J connectivity index is 1.39. The molecule has 0 radical (unpaired) electrons. The summed E-state index contributed by atoms with van der Waals surface area (Å²) >= 11 is 0. The van der Waals surface area contributed by atoms with Crippen LogP contribution in [0.15, 0.2) is 42.5 Å². The monoisotopic (exact) mass is 487 g/mol. The molecule has 2 aromatic rings. The van der Waals surface area contributed by atoms with Crippen LogP contribution in [0.3, 0.4) is 0 Å². The van der Waals surface area contributed by atoms with Gasteiger partial charge in [0, 0.05) is 30.7 Å². The molecule has 0 aromatic heterocycles. The van der Waals surface area contributed by atoms with Crippen molar-refractivity contribution >= 4 is 11.8 Å². The van der Waals surface area contributed by atoms with E-state index in [1.807, 2.05) is 35.2 Å². The van der Waals surface area contributed by atoms with Gasteiger partial charge in [0.05, 0.1) is 0 Å². The summed E-state index contributed by atoms with van der Waals surface area (Å²) in [7, 11) is 0. The highest BCUT2D eigenvalue weighted by molar-refractivity contribution is 6.04. The molecule has 2 bridgehead atoms. The smallest absolute Gasteiger partial charge is 0.238 e. The Kier molecular flexibility index (Phi) is 7.22. The summed E-state index contributed by atoms with van der Waals surface area (Å²) < 4.78 is 41.0. The van der Waals surface area contributed by atoms with Gasteiger partial charge in [-0.2, -0.15) is 0 Å². The van der Waals surface area contributed by atoms with Gasteiger partial charge in [0.15, 0.2) is 11.6 Å². The maximum atomic E-state index is 14.1. The molecule has 0 spiro atoms. The molecule has 8 heteroatoms. The summed E-state index contributed by atoms with van der Waals surface area (Å²) in [6.45, 7) is 3.65. The number of piperidine rings is 1. The molecule has 3 unspecified atom stereocenters. The van der Waals surface area contributed by atoms with Gasteiger partial charge in [0.2, 0.25) is 11.8 Å². The van der Waals surface area contributed by atoms with Crippen molar-refractivity contribution in [2.75, 3.05) is 0 Å². The fourth-order valence-electron chi connectivity index (χ4n) is 5.46. The molecule has 2 aliphatic heterocycles. The number of fused-ring (bicyclic) bond motifs is 2. The highest BCUT2D eigenvalue weighted by atomic mass is 19.2. The van der Waals surface area contributed by atoms with Crippen molar-refractivity contribution in [1.29, 1.82) is 0 Å². The predicted molar refractivity (Wildman–Crippen MR) is 126 cm³/mol. The SMILES string of the molecule is CC(C)(C(=O)NCc1ccccc1)C(=O)N1C2CCC1CC(C(N)Cc1cc(F)c(F)cc1F)C2. The maximum absolute atomic E-state index is 14.1. The third-order valence-corrected chi connectivity index (χ3v) is 7.55. The Hall–Kier alpha value is -2.87. The Labute approximate surface area is 203 Å². The van der Waals surface area contributed by atoms with Crippen molar-refractivity contribution in [2.45, 2.75) is 70.6 Å². The van der Waals surface area contributed by atoms with E-state index in [9.17, 15) is 22.8 Å². The van der Waals surface area contributed by atoms with Gasteiger partial charge in [-0.1, -0.05) is 30.3 Å². The molecular weight excluding hydrogens is 455 g/mol. The number of carbonyl (C=O) groups excluding carboxylic acids is 2. The van der Waals surface area contributed by atoms with Crippen LogP contribution in [0.5, 0.6) is 0 Å². The van der Waals surface area contributed by atoms with Gasteiger partial charge in [-0.25, -0.2) is 13.2 Å². The number of nitrogens with two attached hydrogens (primary N) is 1. The largest absolute Gasteiger partial charge is 0.351 e. The van der Waals surface area contributed by atoms with Gasteiger partial charge >= 0.3 is 0 Å². The number of benzene rings is 2. The Morgan fingerprint density at radius 1 is 1.03 bits per heavy atom. The molecule has 2 heterocycles. The fraction of sp³-hybridized carbons (Fsp3) is 0.481. The minimum absolute atomic E-state index is 0.0130. The molecule has 0 aliphatic carbocycles. The molecule has 5 nitrogen and oxygen atoms in total. The summed E-state index contributed by atoms with van der Waals surface area (Å²) in [5.41, 5.74) is 6.18. The molecule has 2 aliphatic rings. The van der Waals surface area contributed by atoms with Crippen LogP contribution in [0, 0.1) is 28.8 Å². The second-order valence-electron chi connectivity index (χ2n) is 10.3. The highest BCUT2D eigenvalue weighted by Gasteiger charge is 2.50. The van der Waals surface area contributed by atoms with E-state index < -0.39 is 28.9 Å². The number of carbonyl (C=O) groups is 2. The Morgan fingerprint density at radius 3 is 2.26 bits per heavy atom. The first kappa shape index (κ1) is 25.2. The van der Waals surface area contributed by atoms with Crippen LogP contribution in [-0.4, -0.2) is 34.8 Å². The summed E-state index contributed by atoms with van der Waals surface area (Å²) in [4.78, 5) is 28.3. The number of rotatable bonds is 7. The first-order valence-electron chi connectivity index (χ1n) is 12.1. The molecule has 2 fully saturated rings. The van der Waals surface area contributed by atoms with Gasteiger partial charge in [-0.15, -0.1) is 0 Å². The van der Waals surface area contributed by atoms with Crippen molar-refractivity contribution in [3.63, 3.8) is 0 Å². The number of hydrogen-bond donors (Lipinski definition) is 2. The molecule has 3 N–H and O–H groups in total. The summed E-state index contributed by atoms with van der Waals surface area (Å²) in [5, 5.41) is 2.88. The molecule has 35 heavy (non-hydrogen) atoms. The second kappa shape index (κ2) is 10.0. The van der Waals surface area contributed by atoms with E-state index in [4.69, 9.17) is 5.73 Å². The van der Waals surface area contributed by atoms with E-state index in [0.717, 1.165) is 24.5 Å². The Bertz CT molecular complexity index is 1080.